The number of unbranched alkanes of at least 4 members (excludes halogenated alkanes) is 12. The maximum Gasteiger partial charge on any atom is 1.00 e. The summed E-state index contributed by atoms with van der Waals surface area (Å²) < 4.78 is 44.3. The van der Waals surface area contributed by atoms with Crippen molar-refractivity contribution in [1.29, 1.82) is 0 Å². The predicted molar refractivity (Wildman–Crippen MR) is 133 cm³/mol. The summed E-state index contributed by atoms with van der Waals surface area (Å²) in [5.41, 5.74) is 0. The molecule has 35 heavy (non-hydrogen) atoms. The van der Waals surface area contributed by atoms with Gasteiger partial charge >= 0.3 is 59.1 Å². The maximum absolute atomic E-state index is 8.52. The Morgan fingerprint density at radius 3 is 1.60 bits per heavy atom. The molecule has 6 nitrogen and oxygen atoms in total. The fourth-order valence-corrected chi connectivity index (χ4v) is 3.06. The van der Waals surface area contributed by atoms with Crippen LogP contribution in [0, 0.1) is 0 Å². The van der Waals surface area contributed by atoms with E-state index in [0.29, 0.717) is 0 Å². The fourth-order valence-electron chi connectivity index (χ4n) is 3.06. The van der Waals surface area contributed by atoms with Crippen LogP contribution in [-0.2, 0) is 15.1 Å². The van der Waals surface area contributed by atoms with E-state index in [9.17, 15) is 0 Å². The molecule has 0 N–H and O–H groups in total. The number of rotatable bonds is 17. The monoisotopic (exact) mass is 530 g/mol. The van der Waals surface area contributed by atoms with Gasteiger partial charge in [-0.25, -0.2) is 0 Å². The summed E-state index contributed by atoms with van der Waals surface area (Å²) >= 11 is 0. The van der Waals surface area contributed by atoms with Crippen LogP contribution in [0.4, 0.5) is 0 Å². The van der Waals surface area contributed by atoms with E-state index in [2.05, 4.69) is 23.8 Å². The van der Waals surface area contributed by atoms with E-state index in [1.165, 1.54) is 89.9 Å². The molecule has 1 aromatic carbocycles. The number of ether oxygens (including phenoxy) is 2. The summed E-state index contributed by atoms with van der Waals surface area (Å²) in [4.78, 5) is 0. The molecule has 0 unspecified atom stereocenters. The standard InChI is InChI=1S/C24H40O.C2H4O.2Na.H2O4S/c1-2-3-4-5-6-7-8-9-10-11-12-13-14-15-16-20-23-25-24-21-18-17-19-22-24;1-2-3-1;;;1-5(2,3)4/h9-10,17-19,21-22H,2-8,11-16,20,23H2,1H3;1-2H2;;;(H2,1,2,3,4)/q;;2*+1;/p-2/b10-9-;;;;. The SMILES string of the molecule is C1CO1.CCCCCCCC/C=C\CCCCCCCCOc1ccccc1.O=S(=O)([O-])[O-].[Na+].[Na+]. The van der Waals surface area contributed by atoms with Crippen LogP contribution in [0.1, 0.15) is 96.8 Å². The average molecular weight is 531 g/mol. The Morgan fingerprint density at radius 2 is 1.17 bits per heavy atom. The minimum absolute atomic E-state index is 0. The minimum atomic E-state index is -5.17. The van der Waals surface area contributed by atoms with Gasteiger partial charge in [-0.05, 0) is 44.2 Å². The van der Waals surface area contributed by atoms with E-state index in [4.69, 9.17) is 22.3 Å². The Labute approximate surface area is 259 Å². The Bertz CT molecular complexity index is 644. The van der Waals surface area contributed by atoms with Crippen molar-refractivity contribution in [2.24, 2.45) is 0 Å². The van der Waals surface area contributed by atoms with Crippen molar-refractivity contribution < 1.29 is 86.1 Å². The first-order valence-electron chi connectivity index (χ1n) is 12.5. The fraction of sp³-hybridized carbons (Fsp3) is 0.692. The van der Waals surface area contributed by atoms with Crippen molar-refractivity contribution in [3.8, 4) is 5.75 Å². The zero-order valence-electron chi connectivity index (χ0n) is 22.4. The summed E-state index contributed by atoms with van der Waals surface area (Å²) in [7, 11) is -5.17. The second-order valence-corrected chi connectivity index (χ2v) is 8.94. The molecule has 1 aliphatic rings. The number of benzene rings is 1. The molecule has 1 heterocycles. The first kappa shape index (κ1) is 40.1. The molecular weight excluding hydrogens is 486 g/mol. The quantitative estimate of drug-likeness (QED) is 0.0737. The largest absolute Gasteiger partial charge is 1.00 e. The smallest absolute Gasteiger partial charge is 0.759 e. The van der Waals surface area contributed by atoms with Crippen molar-refractivity contribution >= 4 is 10.4 Å². The molecule has 0 spiro atoms. The van der Waals surface area contributed by atoms with E-state index in [0.717, 1.165) is 25.6 Å². The van der Waals surface area contributed by atoms with Crippen LogP contribution in [0.5, 0.6) is 5.75 Å². The van der Waals surface area contributed by atoms with E-state index in [1.807, 2.05) is 30.3 Å². The van der Waals surface area contributed by atoms with Crippen molar-refractivity contribution in [3.63, 3.8) is 0 Å². The van der Waals surface area contributed by atoms with Gasteiger partial charge in [-0.2, -0.15) is 0 Å². The van der Waals surface area contributed by atoms with Gasteiger partial charge in [-0.15, -0.1) is 0 Å². The van der Waals surface area contributed by atoms with Gasteiger partial charge in [-0.3, -0.25) is 8.42 Å². The van der Waals surface area contributed by atoms with E-state index in [1.54, 1.807) is 0 Å². The molecule has 0 radical (unpaired) electrons. The molecule has 0 aromatic heterocycles. The second-order valence-electron chi connectivity index (χ2n) is 8.12. The van der Waals surface area contributed by atoms with E-state index in [-0.39, 0.29) is 59.1 Å². The molecule has 0 amide bonds. The van der Waals surface area contributed by atoms with Crippen LogP contribution in [-0.4, -0.2) is 37.3 Å². The average Bonchev–Trinajstić information content (AvgIpc) is 3.65. The van der Waals surface area contributed by atoms with Gasteiger partial charge < -0.3 is 18.6 Å². The molecule has 0 saturated carbocycles. The number of hydrogen-bond acceptors (Lipinski definition) is 6. The van der Waals surface area contributed by atoms with Gasteiger partial charge in [0.2, 0.25) is 0 Å². The van der Waals surface area contributed by atoms with Gasteiger partial charge in [0.15, 0.2) is 0 Å². The summed E-state index contributed by atoms with van der Waals surface area (Å²) in [5.74, 6) is 0.996. The second kappa shape index (κ2) is 30.8. The molecule has 1 fully saturated rings. The zero-order chi connectivity index (χ0) is 24.5. The van der Waals surface area contributed by atoms with Crippen molar-refractivity contribution in [2.45, 2.75) is 96.8 Å². The Balaban J connectivity index is -0.000000873. The molecule has 0 bridgehead atoms. The molecule has 2 rings (SSSR count). The molecule has 0 aliphatic carbocycles. The van der Waals surface area contributed by atoms with Gasteiger partial charge in [0.25, 0.3) is 0 Å². The minimum Gasteiger partial charge on any atom is -0.759 e. The van der Waals surface area contributed by atoms with Crippen LogP contribution in [0.3, 0.4) is 0 Å². The van der Waals surface area contributed by atoms with Crippen molar-refractivity contribution in [1.82, 2.24) is 0 Å². The third kappa shape index (κ3) is 44.9. The normalized spacial score (nSPS) is 11.7. The number of epoxide rings is 1. The predicted octanol–water partition coefficient (Wildman–Crippen LogP) is 0.790. The maximum atomic E-state index is 8.52. The number of para-hydroxylation sites is 1. The molecule has 1 saturated heterocycles. The Kier molecular flexibility index (Phi) is 35.3. The molecule has 192 valence electrons. The first-order valence-corrected chi connectivity index (χ1v) is 13.8. The van der Waals surface area contributed by atoms with Crippen LogP contribution in [0.2, 0.25) is 0 Å². The third-order valence-corrected chi connectivity index (χ3v) is 4.87. The van der Waals surface area contributed by atoms with Crippen molar-refractivity contribution in [3.05, 3.63) is 42.5 Å². The Morgan fingerprint density at radius 1 is 0.771 bits per heavy atom. The molecule has 0 atom stereocenters. The molecule has 1 aromatic rings. The summed E-state index contributed by atoms with van der Waals surface area (Å²) in [6.07, 6.45) is 23.7. The summed E-state index contributed by atoms with van der Waals surface area (Å²) in [6, 6.07) is 10.1. The Hall–Kier alpha value is 0.590. The van der Waals surface area contributed by atoms with Crippen LogP contribution >= 0.6 is 0 Å². The molecule has 1 aliphatic heterocycles. The molecule has 9 heteroatoms. The van der Waals surface area contributed by atoms with Gasteiger partial charge in [0, 0.05) is 10.4 Å². The first-order chi connectivity index (χ1) is 15.9. The van der Waals surface area contributed by atoms with Crippen LogP contribution in [0.15, 0.2) is 42.5 Å². The summed E-state index contributed by atoms with van der Waals surface area (Å²) in [6.45, 7) is 5.13. The third-order valence-electron chi connectivity index (χ3n) is 4.87. The van der Waals surface area contributed by atoms with Gasteiger partial charge in [0.05, 0.1) is 19.8 Å². The van der Waals surface area contributed by atoms with E-state index >= 15 is 0 Å². The zero-order valence-corrected chi connectivity index (χ0v) is 27.2. The van der Waals surface area contributed by atoms with Gasteiger partial charge in [0.1, 0.15) is 5.75 Å². The molecular formula is C26H44Na2O6S. The van der Waals surface area contributed by atoms with Crippen LogP contribution in [0.25, 0.3) is 0 Å². The van der Waals surface area contributed by atoms with E-state index < -0.39 is 10.4 Å². The number of hydrogen-bond donors (Lipinski definition) is 0. The van der Waals surface area contributed by atoms with Gasteiger partial charge in [-0.1, -0.05) is 95.1 Å². The van der Waals surface area contributed by atoms with Crippen LogP contribution < -0.4 is 63.9 Å². The topological polar surface area (TPSA) is 102 Å². The number of allylic oxidation sites excluding steroid dienone is 2. The van der Waals surface area contributed by atoms with Crippen molar-refractivity contribution in [2.75, 3.05) is 19.8 Å². The summed E-state index contributed by atoms with van der Waals surface area (Å²) in [5, 5.41) is 0.